The SMILES string of the molecule is CC(C)CC(O)C(=O)N[C@@H](CCC(=O)O)C(=O)N[C@@H](CC(C)C)C(=O)N[C@@H](CS)C(=O)NCCc1ccccc1Cl. The van der Waals surface area contributed by atoms with Crippen LogP contribution in [0, 0.1) is 11.8 Å². The Kier molecular flexibility index (Phi) is 16.4. The van der Waals surface area contributed by atoms with Gasteiger partial charge in [0.15, 0.2) is 0 Å². The normalized spacial score (nSPS) is 14.1. The van der Waals surface area contributed by atoms with Gasteiger partial charge in [-0.05, 0) is 49.1 Å². The summed E-state index contributed by atoms with van der Waals surface area (Å²) in [6.45, 7) is 7.60. The smallest absolute Gasteiger partial charge is 0.303 e. The molecule has 0 aliphatic rings. The molecular formula is C28H43ClN4O7S. The minimum absolute atomic E-state index is 0.00293. The predicted molar refractivity (Wildman–Crippen MR) is 160 cm³/mol. The summed E-state index contributed by atoms with van der Waals surface area (Å²) in [5, 5.41) is 30.2. The molecule has 4 amide bonds. The maximum absolute atomic E-state index is 13.2. The number of carbonyl (C=O) groups is 5. The van der Waals surface area contributed by atoms with Crippen molar-refractivity contribution in [2.45, 2.75) is 84.0 Å². The van der Waals surface area contributed by atoms with Crippen LogP contribution in [0.15, 0.2) is 24.3 Å². The summed E-state index contributed by atoms with van der Waals surface area (Å²) in [6.07, 6.45) is -1.19. The highest BCUT2D eigenvalue weighted by Gasteiger charge is 2.31. The average molecular weight is 615 g/mol. The Morgan fingerprint density at radius 2 is 1.39 bits per heavy atom. The summed E-state index contributed by atoms with van der Waals surface area (Å²) >= 11 is 10.4. The zero-order valence-corrected chi connectivity index (χ0v) is 25.6. The van der Waals surface area contributed by atoms with E-state index in [0.29, 0.717) is 11.4 Å². The second-order valence-corrected chi connectivity index (χ2v) is 11.5. The molecule has 0 aliphatic carbocycles. The molecule has 0 heterocycles. The Balaban J connectivity index is 2.91. The van der Waals surface area contributed by atoms with Gasteiger partial charge in [-0.1, -0.05) is 57.5 Å². The van der Waals surface area contributed by atoms with Gasteiger partial charge in [-0.25, -0.2) is 0 Å². The van der Waals surface area contributed by atoms with Gasteiger partial charge in [0.05, 0.1) is 0 Å². The number of amides is 4. The largest absolute Gasteiger partial charge is 0.481 e. The third kappa shape index (κ3) is 14.1. The fraction of sp³-hybridized carbons (Fsp3) is 0.607. The van der Waals surface area contributed by atoms with Crippen molar-refractivity contribution in [2.75, 3.05) is 12.3 Å². The number of nitrogens with one attached hydrogen (secondary N) is 4. The van der Waals surface area contributed by atoms with Gasteiger partial charge in [-0.2, -0.15) is 12.6 Å². The Morgan fingerprint density at radius 1 is 0.829 bits per heavy atom. The van der Waals surface area contributed by atoms with Crippen LogP contribution in [-0.4, -0.2) is 76.3 Å². The van der Waals surface area contributed by atoms with Crippen molar-refractivity contribution < 1.29 is 34.2 Å². The number of hydrogen-bond donors (Lipinski definition) is 7. The van der Waals surface area contributed by atoms with Crippen molar-refractivity contribution in [3.63, 3.8) is 0 Å². The lowest BCUT2D eigenvalue weighted by Crippen LogP contribution is -2.58. The van der Waals surface area contributed by atoms with E-state index in [4.69, 9.17) is 16.7 Å². The van der Waals surface area contributed by atoms with E-state index in [2.05, 4.69) is 33.9 Å². The molecule has 1 unspecified atom stereocenters. The van der Waals surface area contributed by atoms with Crippen LogP contribution in [0.2, 0.25) is 5.02 Å². The van der Waals surface area contributed by atoms with E-state index >= 15 is 0 Å². The van der Waals surface area contributed by atoms with Crippen LogP contribution in [0.3, 0.4) is 0 Å². The van der Waals surface area contributed by atoms with Crippen LogP contribution in [0.5, 0.6) is 0 Å². The van der Waals surface area contributed by atoms with E-state index in [1.54, 1.807) is 6.07 Å². The van der Waals surface area contributed by atoms with Crippen LogP contribution in [0.4, 0.5) is 0 Å². The standard InChI is InChI=1S/C28H43ClN4O7S/c1-16(2)13-21(32-26(38)20(9-10-24(35)36)31-28(40)23(34)14-17(3)4)27(39)33-22(15-41)25(37)30-12-11-18-7-5-6-8-19(18)29/h5-8,16-17,20-23,34,41H,9-15H2,1-4H3,(H,30,37)(H,31,40)(H,32,38)(H,33,39)(H,35,36)/t20-,21-,22-,23?/m0/s1. The fourth-order valence-corrected chi connectivity index (χ4v) is 4.43. The number of carbonyl (C=O) groups excluding carboxylic acids is 4. The monoisotopic (exact) mass is 614 g/mol. The van der Waals surface area contributed by atoms with E-state index in [1.807, 2.05) is 45.9 Å². The second-order valence-electron chi connectivity index (χ2n) is 10.7. The Labute approximate surface area is 252 Å². The molecule has 0 spiro atoms. The van der Waals surface area contributed by atoms with E-state index in [9.17, 15) is 29.1 Å². The van der Waals surface area contributed by atoms with E-state index in [-0.39, 0.29) is 43.4 Å². The van der Waals surface area contributed by atoms with Crippen LogP contribution >= 0.6 is 24.2 Å². The summed E-state index contributed by atoms with van der Waals surface area (Å²) in [6, 6.07) is 3.89. The van der Waals surface area contributed by atoms with Crippen LogP contribution in [0.25, 0.3) is 0 Å². The van der Waals surface area contributed by atoms with Crippen molar-refractivity contribution in [2.24, 2.45) is 11.8 Å². The van der Waals surface area contributed by atoms with Crippen molar-refractivity contribution in [1.29, 1.82) is 0 Å². The lowest BCUT2D eigenvalue weighted by molar-refractivity contribution is -0.139. The molecule has 0 saturated heterocycles. The number of carboxylic acids is 1. The van der Waals surface area contributed by atoms with Gasteiger partial charge in [-0.15, -0.1) is 0 Å². The van der Waals surface area contributed by atoms with E-state index in [1.165, 1.54) is 0 Å². The lowest BCUT2D eigenvalue weighted by atomic mass is 10.0. The third-order valence-corrected chi connectivity index (χ3v) is 6.82. The first-order valence-electron chi connectivity index (χ1n) is 13.7. The van der Waals surface area contributed by atoms with E-state index < -0.39 is 60.2 Å². The van der Waals surface area contributed by atoms with Gasteiger partial charge >= 0.3 is 5.97 Å². The predicted octanol–water partition coefficient (Wildman–Crippen LogP) is 1.70. The third-order valence-electron chi connectivity index (χ3n) is 6.08. The van der Waals surface area contributed by atoms with Gasteiger partial charge in [0, 0.05) is 23.7 Å². The van der Waals surface area contributed by atoms with Crippen LogP contribution in [-0.2, 0) is 30.4 Å². The zero-order valence-electron chi connectivity index (χ0n) is 24.0. The minimum atomic E-state index is -1.38. The molecule has 1 aromatic rings. The molecule has 6 N–H and O–H groups in total. The van der Waals surface area contributed by atoms with Crippen LogP contribution in [0.1, 0.15) is 58.9 Å². The average Bonchev–Trinajstić information content (AvgIpc) is 2.89. The summed E-state index contributed by atoms with van der Waals surface area (Å²) in [7, 11) is 0. The molecule has 11 nitrogen and oxygen atoms in total. The minimum Gasteiger partial charge on any atom is -0.481 e. The zero-order chi connectivity index (χ0) is 31.1. The molecule has 0 aromatic heterocycles. The molecule has 0 aliphatic heterocycles. The second kappa shape index (κ2) is 18.6. The lowest BCUT2D eigenvalue weighted by Gasteiger charge is -2.26. The van der Waals surface area contributed by atoms with Gasteiger partial charge in [0.2, 0.25) is 23.6 Å². The molecule has 41 heavy (non-hydrogen) atoms. The number of benzene rings is 1. The molecule has 13 heteroatoms. The van der Waals surface area contributed by atoms with Crippen molar-refractivity contribution >= 4 is 53.8 Å². The maximum atomic E-state index is 13.2. The number of aliphatic hydroxyl groups is 1. The summed E-state index contributed by atoms with van der Waals surface area (Å²) in [5.41, 5.74) is 0.863. The highest BCUT2D eigenvalue weighted by molar-refractivity contribution is 7.80. The first-order chi connectivity index (χ1) is 19.2. The molecule has 1 aromatic carbocycles. The maximum Gasteiger partial charge on any atom is 0.303 e. The van der Waals surface area contributed by atoms with Crippen LogP contribution < -0.4 is 21.3 Å². The van der Waals surface area contributed by atoms with Gasteiger partial charge < -0.3 is 31.5 Å². The van der Waals surface area contributed by atoms with Crippen molar-refractivity contribution in [3.05, 3.63) is 34.9 Å². The number of hydrogen-bond acceptors (Lipinski definition) is 7. The number of aliphatic carboxylic acids is 1. The number of aliphatic hydroxyl groups excluding tert-OH is 1. The highest BCUT2D eigenvalue weighted by atomic mass is 35.5. The molecule has 0 radical (unpaired) electrons. The Morgan fingerprint density at radius 3 is 1.95 bits per heavy atom. The molecule has 0 saturated carbocycles. The molecule has 0 fully saturated rings. The summed E-state index contributed by atoms with van der Waals surface area (Å²) in [4.78, 5) is 62.7. The fourth-order valence-electron chi connectivity index (χ4n) is 3.94. The first-order valence-corrected chi connectivity index (χ1v) is 14.7. The number of halogens is 1. The molecule has 4 atom stereocenters. The molecule has 1 rings (SSSR count). The summed E-state index contributed by atoms with van der Waals surface area (Å²) in [5.74, 6) is -3.87. The molecular weight excluding hydrogens is 572 g/mol. The Hall–Kier alpha value is -2.83. The molecule has 0 bridgehead atoms. The quantitative estimate of drug-likeness (QED) is 0.123. The van der Waals surface area contributed by atoms with Crippen molar-refractivity contribution in [3.8, 4) is 0 Å². The highest BCUT2D eigenvalue weighted by Crippen LogP contribution is 2.15. The number of carboxylic acid groups (broad SMARTS) is 1. The van der Waals surface area contributed by atoms with Gasteiger partial charge in [0.25, 0.3) is 0 Å². The number of thiol groups is 1. The summed E-state index contributed by atoms with van der Waals surface area (Å²) < 4.78 is 0. The van der Waals surface area contributed by atoms with Crippen molar-refractivity contribution in [1.82, 2.24) is 21.3 Å². The molecule has 230 valence electrons. The number of rotatable bonds is 18. The topological polar surface area (TPSA) is 174 Å². The van der Waals surface area contributed by atoms with Gasteiger partial charge in [-0.3, -0.25) is 24.0 Å². The van der Waals surface area contributed by atoms with Gasteiger partial charge in [0.1, 0.15) is 24.2 Å². The first kappa shape index (κ1) is 36.2. The van der Waals surface area contributed by atoms with E-state index in [0.717, 1.165) is 5.56 Å². The Bertz CT molecular complexity index is 1040.